The van der Waals surface area contributed by atoms with Crippen LogP contribution in [0.15, 0.2) is 52.1 Å². The summed E-state index contributed by atoms with van der Waals surface area (Å²) in [7, 11) is 0. The monoisotopic (exact) mass is 538 g/mol. The molecule has 170 valence electrons. The van der Waals surface area contributed by atoms with Crippen molar-refractivity contribution in [1.82, 2.24) is 10.6 Å². The number of benzene rings is 1. The Labute approximate surface area is 202 Å². The summed E-state index contributed by atoms with van der Waals surface area (Å²) in [6, 6.07) is 13.0. The minimum absolute atomic E-state index is 0. The van der Waals surface area contributed by atoms with Gasteiger partial charge in [0.25, 0.3) is 0 Å². The maximum atomic E-state index is 5.50. The van der Waals surface area contributed by atoms with Crippen molar-refractivity contribution < 1.29 is 9.15 Å². The van der Waals surface area contributed by atoms with E-state index in [1.807, 2.05) is 12.1 Å². The van der Waals surface area contributed by atoms with Gasteiger partial charge in [-0.1, -0.05) is 12.1 Å². The van der Waals surface area contributed by atoms with Crippen LogP contribution < -0.4 is 15.5 Å². The highest BCUT2D eigenvalue weighted by atomic mass is 127. The average Bonchev–Trinajstić information content (AvgIpc) is 3.55. The van der Waals surface area contributed by atoms with E-state index in [1.54, 1.807) is 6.26 Å². The van der Waals surface area contributed by atoms with Gasteiger partial charge in [-0.3, -0.25) is 4.99 Å². The SMILES string of the molecule is CC(NC(=NCC1CCOC1)NCCc1ccco1)c1cccc(N2CCCC2)c1.I. The number of nitrogens with zero attached hydrogens (tertiary/aromatic N) is 2. The average molecular weight is 538 g/mol. The number of hydrogen-bond donors (Lipinski definition) is 2. The van der Waals surface area contributed by atoms with Crippen LogP contribution in [0.3, 0.4) is 0 Å². The lowest BCUT2D eigenvalue weighted by molar-refractivity contribution is 0.187. The number of anilines is 1. The zero-order valence-electron chi connectivity index (χ0n) is 18.4. The molecular formula is C24H35IN4O2. The molecule has 7 heteroatoms. The second-order valence-corrected chi connectivity index (χ2v) is 8.33. The predicted molar refractivity (Wildman–Crippen MR) is 136 cm³/mol. The quantitative estimate of drug-likeness (QED) is 0.297. The first kappa shape index (κ1) is 23.9. The van der Waals surface area contributed by atoms with Crippen molar-refractivity contribution in [2.24, 2.45) is 10.9 Å². The molecule has 2 aliphatic heterocycles. The number of rotatable bonds is 8. The van der Waals surface area contributed by atoms with Crippen LogP contribution in [0.4, 0.5) is 5.69 Å². The molecule has 2 unspecified atom stereocenters. The molecule has 0 saturated carbocycles. The lowest BCUT2D eigenvalue weighted by Crippen LogP contribution is -2.40. The lowest BCUT2D eigenvalue weighted by atomic mass is 10.1. The molecule has 2 aliphatic rings. The number of hydrogen-bond acceptors (Lipinski definition) is 4. The zero-order chi connectivity index (χ0) is 20.6. The minimum Gasteiger partial charge on any atom is -0.469 e. The molecule has 0 aliphatic carbocycles. The molecule has 3 heterocycles. The standard InChI is InChI=1S/C24H34N4O2.HI/c1-19(21-6-4-7-22(16-21)28-12-2-3-13-28)27-24(26-17-20-10-15-29-18-20)25-11-9-23-8-5-14-30-23;/h4-8,14,16,19-20H,2-3,9-13,15,17-18H2,1H3,(H2,25,26,27);1H. The molecule has 2 saturated heterocycles. The van der Waals surface area contributed by atoms with E-state index in [-0.39, 0.29) is 30.0 Å². The zero-order valence-corrected chi connectivity index (χ0v) is 20.7. The first-order valence-electron chi connectivity index (χ1n) is 11.3. The summed E-state index contributed by atoms with van der Waals surface area (Å²) < 4.78 is 11.0. The highest BCUT2D eigenvalue weighted by molar-refractivity contribution is 14.0. The van der Waals surface area contributed by atoms with Crippen LogP contribution in [0.2, 0.25) is 0 Å². The maximum absolute atomic E-state index is 5.50. The fourth-order valence-corrected chi connectivity index (χ4v) is 4.11. The third-order valence-corrected chi connectivity index (χ3v) is 5.97. The Morgan fingerprint density at radius 3 is 2.84 bits per heavy atom. The number of aliphatic imine (C=N–C) groups is 1. The molecule has 31 heavy (non-hydrogen) atoms. The molecular weight excluding hydrogens is 503 g/mol. The first-order valence-corrected chi connectivity index (χ1v) is 11.3. The smallest absolute Gasteiger partial charge is 0.191 e. The third-order valence-electron chi connectivity index (χ3n) is 5.97. The molecule has 0 radical (unpaired) electrons. The number of nitrogens with one attached hydrogen (secondary N) is 2. The Hall–Kier alpha value is -1.74. The van der Waals surface area contributed by atoms with E-state index in [0.717, 1.165) is 64.0 Å². The Bertz CT molecular complexity index is 800. The van der Waals surface area contributed by atoms with Gasteiger partial charge in [0.2, 0.25) is 0 Å². The number of furan rings is 1. The third kappa shape index (κ3) is 7.14. The summed E-state index contributed by atoms with van der Waals surface area (Å²) in [6.07, 6.45) is 6.23. The van der Waals surface area contributed by atoms with Gasteiger partial charge in [-0.2, -0.15) is 0 Å². The van der Waals surface area contributed by atoms with Gasteiger partial charge in [0, 0.05) is 50.8 Å². The van der Waals surface area contributed by atoms with Crippen molar-refractivity contribution in [3.63, 3.8) is 0 Å². The number of ether oxygens (including phenoxy) is 1. The van der Waals surface area contributed by atoms with Crippen molar-refractivity contribution >= 4 is 35.6 Å². The summed E-state index contributed by atoms with van der Waals surface area (Å²) in [5.74, 6) is 2.35. The summed E-state index contributed by atoms with van der Waals surface area (Å²) in [4.78, 5) is 7.34. The van der Waals surface area contributed by atoms with Gasteiger partial charge in [0.15, 0.2) is 5.96 Å². The molecule has 4 rings (SSSR count). The van der Waals surface area contributed by atoms with E-state index < -0.39 is 0 Å². The molecule has 2 fully saturated rings. The van der Waals surface area contributed by atoms with Crippen molar-refractivity contribution in [3.05, 3.63) is 54.0 Å². The fraction of sp³-hybridized carbons (Fsp3) is 0.542. The van der Waals surface area contributed by atoms with Crippen molar-refractivity contribution in [2.45, 2.75) is 38.6 Å². The van der Waals surface area contributed by atoms with Crippen LogP contribution in [-0.2, 0) is 11.2 Å². The fourth-order valence-electron chi connectivity index (χ4n) is 4.11. The Morgan fingerprint density at radius 2 is 2.10 bits per heavy atom. The minimum atomic E-state index is 0. The van der Waals surface area contributed by atoms with Crippen LogP contribution >= 0.6 is 24.0 Å². The van der Waals surface area contributed by atoms with Gasteiger partial charge in [-0.15, -0.1) is 24.0 Å². The predicted octanol–water partition coefficient (Wildman–Crippen LogP) is 4.37. The van der Waals surface area contributed by atoms with Crippen LogP contribution in [0, 0.1) is 5.92 Å². The van der Waals surface area contributed by atoms with Gasteiger partial charge in [-0.05, 0) is 56.0 Å². The summed E-state index contributed by atoms with van der Waals surface area (Å²) in [5.41, 5.74) is 2.61. The maximum Gasteiger partial charge on any atom is 0.191 e. The Balaban J connectivity index is 0.00000272. The first-order chi connectivity index (χ1) is 14.8. The summed E-state index contributed by atoms with van der Waals surface area (Å²) in [6.45, 7) is 7.76. The molecule has 0 spiro atoms. The van der Waals surface area contributed by atoms with Crippen LogP contribution in [0.25, 0.3) is 0 Å². The topological polar surface area (TPSA) is 62.0 Å². The number of guanidine groups is 1. The summed E-state index contributed by atoms with van der Waals surface area (Å²) in [5, 5.41) is 7.08. The lowest BCUT2D eigenvalue weighted by Gasteiger charge is -2.22. The van der Waals surface area contributed by atoms with Gasteiger partial charge in [0.1, 0.15) is 5.76 Å². The Kier molecular flexibility index (Phi) is 9.52. The van der Waals surface area contributed by atoms with E-state index in [0.29, 0.717) is 5.92 Å². The van der Waals surface area contributed by atoms with Gasteiger partial charge < -0.3 is 24.7 Å². The summed E-state index contributed by atoms with van der Waals surface area (Å²) >= 11 is 0. The highest BCUT2D eigenvalue weighted by Gasteiger charge is 2.17. The van der Waals surface area contributed by atoms with E-state index in [9.17, 15) is 0 Å². The molecule has 2 atom stereocenters. The molecule has 2 aromatic rings. The van der Waals surface area contributed by atoms with Crippen molar-refractivity contribution in [2.75, 3.05) is 44.3 Å². The molecule has 1 aromatic carbocycles. The highest BCUT2D eigenvalue weighted by Crippen LogP contribution is 2.24. The molecule has 6 nitrogen and oxygen atoms in total. The second kappa shape index (κ2) is 12.3. The van der Waals surface area contributed by atoms with Crippen molar-refractivity contribution in [3.8, 4) is 0 Å². The molecule has 1 aromatic heterocycles. The normalized spacial score (nSPS) is 19.8. The molecule has 0 amide bonds. The Morgan fingerprint density at radius 1 is 1.23 bits per heavy atom. The van der Waals surface area contributed by atoms with E-state index >= 15 is 0 Å². The van der Waals surface area contributed by atoms with Crippen LogP contribution in [0.5, 0.6) is 0 Å². The van der Waals surface area contributed by atoms with E-state index in [2.05, 4.69) is 46.7 Å². The van der Waals surface area contributed by atoms with Crippen molar-refractivity contribution in [1.29, 1.82) is 0 Å². The number of halogens is 1. The van der Waals surface area contributed by atoms with Gasteiger partial charge >= 0.3 is 0 Å². The second-order valence-electron chi connectivity index (χ2n) is 8.33. The van der Waals surface area contributed by atoms with E-state index in [1.165, 1.54) is 24.1 Å². The molecule has 0 bridgehead atoms. The largest absolute Gasteiger partial charge is 0.469 e. The van der Waals surface area contributed by atoms with Gasteiger partial charge in [0.05, 0.1) is 18.9 Å². The van der Waals surface area contributed by atoms with Crippen LogP contribution in [0.1, 0.15) is 43.6 Å². The molecule has 2 N–H and O–H groups in total. The van der Waals surface area contributed by atoms with Crippen LogP contribution in [-0.4, -0.2) is 45.4 Å². The van der Waals surface area contributed by atoms with E-state index in [4.69, 9.17) is 14.1 Å². The van der Waals surface area contributed by atoms with Gasteiger partial charge in [-0.25, -0.2) is 0 Å².